The summed E-state index contributed by atoms with van der Waals surface area (Å²) < 4.78 is 5.73. The largest absolute Gasteiger partial charge is 0.504 e. The molecular formula is C25H31N3O3. The van der Waals surface area contributed by atoms with Crippen LogP contribution >= 0.6 is 0 Å². The zero-order valence-electron chi connectivity index (χ0n) is 18.7. The summed E-state index contributed by atoms with van der Waals surface area (Å²) in [5, 5.41) is 10.1. The fraction of sp³-hybridized carbons (Fsp3) is 0.440. The lowest BCUT2D eigenvalue weighted by Gasteiger charge is -2.47. The smallest absolute Gasteiger partial charge is 0.252 e. The van der Waals surface area contributed by atoms with E-state index in [9.17, 15) is 9.90 Å². The minimum absolute atomic E-state index is 0.00262. The summed E-state index contributed by atoms with van der Waals surface area (Å²) in [4.78, 5) is 21.7. The summed E-state index contributed by atoms with van der Waals surface area (Å²) in [6, 6.07) is 11.7. The maximum absolute atomic E-state index is 12.7. The van der Waals surface area contributed by atoms with Gasteiger partial charge < -0.3 is 9.84 Å². The molecular weight excluding hydrogens is 390 g/mol. The van der Waals surface area contributed by atoms with Crippen LogP contribution in [-0.4, -0.2) is 45.1 Å². The van der Waals surface area contributed by atoms with Gasteiger partial charge in [-0.15, -0.1) is 0 Å². The zero-order chi connectivity index (χ0) is 22.2. The van der Waals surface area contributed by atoms with E-state index in [1.54, 1.807) is 12.1 Å². The van der Waals surface area contributed by atoms with Crippen LogP contribution in [0.5, 0.6) is 11.5 Å². The van der Waals surface area contributed by atoms with Crippen LogP contribution in [0.2, 0.25) is 0 Å². The molecule has 6 heteroatoms. The number of benzene rings is 1. The van der Waals surface area contributed by atoms with Gasteiger partial charge in [0.1, 0.15) is 5.82 Å². The number of aromatic hydroxyl groups is 1. The molecule has 1 spiro atoms. The average Bonchev–Trinajstić information content (AvgIpc) is 3.02. The quantitative estimate of drug-likeness (QED) is 0.783. The highest BCUT2D eigenvalue weighted by Gasteiger charge is 2.47. The minimum atomic E-state index is -0.325. The molecule has 1 N–H and O–H groups in total. The molecule has 0 saturated carbocycles. The maximum atomic E-state index is 12.7. The van der Waals surface area contributed by atoms with Crippen LogP contribution in [0.25, 0.3) is 0 Å². The van der Waals surface area contributed by atoms with Gasteiger partial charge in [-0.05, 0) is 70.4 Å². The fourth-order valence-electron chi connectivity index (χ4n) is 4.72. The minimum Gasteiger partial charge on any atom is -0.504 e. The summed E-state index contributed by atoms with van der Waals surface area (Å²) in [5.74, 6) is 1.42. The highest BCUT2D eigenvalue weighted by atomic mass is 16.5. The molecule has 31 heavy (non-hydrogen) atoms. The summed E-state index contributed by atoms with van der Waals surface area (Å²) in [7, 11) is 0. The Morgan fingerprint density at radius 1 is 1.29 bits per heavy atom. The number of hydrogen-bond donors (Lipinski definition) is 1. The van der Waals surface area contributed by atoms with Gasteiger partial charge in [0.05, 0.1) is 11.6 Å². The molecule has 1 aromatic carbocycles. The third-order valence-corrected chi connectivity index (χ3v) is 6.18. The van der Waals surface area contributed by atoms with Crippen molar-refractivity contribution >= 4 is 11.7 Å². The molecule has 0 unspecified atom stereocenters. The third kappa shape index (κ3) is 4.30. The topological polar surface area (TPSA) is 65.9 Å². The van der Waals surface area contributed by atoms with Gasteiger partial charge in [-0.2, -0.15) is 0 Å². The van der Waals surface area contributed by atoms with Crippen molar-refractivity contribution in [1.82, 2.24) is 9.88 Å². The van der Waals surface area contributed by atoms with E-state index in [0.29, 0.717) is 5.75 Å². The first-order valence-electron chi connectivity index (χ1n) is 11.0. The Morgan fingerprint density at radius 2 is 2.10 bits per heavy atom. The first-order chi connectivity index (χ1) is 14.8. The average molecular weight is 422 g/mol. The second-order valence-corrected chi connectivity index (χ2v) is 8.99. The van der Waals surface area contributed by atoms with Crippen molar-refractivity contribution in [2.24, 2.45) is 0 Å². The molecule has 3 heterocycles. The molecule has 1 aromatic heterocycles. The molecule has 2 aromatic rings. The molecule has 2 aliphatic rings. The number of carbonyl (C=O) groups excluding carboxylic acids is 1. The number of ether oxygens (including phenoxy) is 1. The van der Waals surface area contributed by atoms with E-state index in [4.69, 9.17) is 4.74 Å². The molecule has 2 aliphatic heterocycles. The van der Waals surface area contributed by atoms with Gasteiger partial charge in [-0.3, -0.25) is 14.6 Å². The number of nitrogens with zero attached hydrogens (tertiary/aromatic N) is 3. The van der Waals surface area contributed by atoms with Crippen molar-refractivity contribution in [2.75, 3.05) is 11.4 Å². The predicted molar refractivity (Wildman–Crippen MR) is 121 cm³/mol. The van der Waals surface area contributed by atoms with Gasteiger partial charge in [-0.1, -0.05) is 18.2 Å². The highest BCUT2D eigenvalue weighted by molar-refractivity contribution is 6.05. The van der Waals surface area contributed by atoms with Crippen LogP contribution in [0.3, 0.4) is 0 Å². The Morgan fingerprint density at radius 3 is 2.81 bits per heavy atom. The number of phenols is 1. The molecule has 4 rings (SSSR count). The van der Waals surface area contributed by atoms with E-state index in [0.717, 1.165) is 43.0 Å². The van der Waals surface area contributed by atoms with Crippen LogP contribution in [-0.2, 0) is 11.3 Å². The Labute approximate surface area is 184 Å². The van der Waals surface area contributed by atoms with Gasteiger partial charge in [-0.25, -0.2) is 4.98 Å². The fourth-order valence-corrected chi connectivity index (χ4v) is 4.72. The predicted octanol–water partition coefficient (Wildman–Crippen LogP) is 4.21. The second-order valence-electron chi connectivity index (χ2n) is 8.99. The normalized spacial score (nSPS) is 23.8. The second kappa shape index (κ2) is 8.35. The van der Waals surface area contributed by atoms with E-state index in [-0.39, 0.29) is 29.3 Å². The number of aryl methyl sites for hydroxylation is 1. The molecule has 0 radical (unpaired) electrons. The van der Waals surface area contributed by atoms with Crippen molar-refractivity contribution in [3.8, 4) is 11.5 Å². The van der Waals surface area contributed by atoms with Crippen molar-refractivity contribution in [3.05, 3.63) is 59.8 Å². The Hall–Kier alpha value is -2.86. The van der Waals surface area contributed by atoms with Crippen LogP contribution in [0.4, 0.5) is 5.82 Å². The van der Waals surface area contributed by atoms with E-state index >= 15 is 0 Å². The van der Waals surface area contributed by atoms with E-state index in [1.165, 1.54) is 0 Å². The Bertz CT molecular complexity index is 1000. The number of carbonyl (C=O) groups is 1. The number of aromatic nitrogens is 1. The molecule has 1 saturated heterocycles. The van der Waals surface area contributed by atoms with Gasteiger partial charge in [0.25, 0.3) is 5.91 Å². The number of likely N-dealkylation sites (tertiary alicyclic amines) is 1. The van der Waals surface area contributed by atoms with Gasteiger partial charge in [0.15, 0.2) is 11.5 Å². The van der Waals surface area contributed by atoms with Crippen LogP contribution in [0, 0.1) is 6.92 Å². The standard InChI is InChI=1S/C25H31N3O3/c1-17(2)31-22-14-20(8-9-21(22)29)16-27-13-12-25(15-19(27)4)11-10-24(30)28(25)23-7-5-6-18(3)26-23/h5-11,14,17,19,29H,12-13,15-16H2,1-4H3/t19-,25+/m0/s1. The first kappa shape index (κ1) is 21.4. The Kier molecular flexibility index (Phi) is 5.75. The molecule has 0 aliphatic carbocycles. The Balaban J connectivity index is 1.51. The van der Waals surface area contributed by atoms with Gasteiger partial charge in [0.2, 0.25) is 0 Å². The summed E-state index contributed by atoms with van der Waals surface area (Å²) >= 11 is 0. The van der Waals surface area contributed by atoms with Gasteiger partial charge >= 0.3 is 0 Å². The number of anilines is 1. The first-order valence-corrected chi connectivity index (χ1v) is 11.0. The van der Waals surface area contributed by atoms with Crippen molar-refractivity contribution < 1.29 is 14.6 Å². The number of rotatable bonds is 5. The summed E-state index contributed by atoms with van der Waals surface area (Å²) in [6.45, 7) is 9.69. The van der Waals surface area contributed by atoms with Gasteiger partial charge in [0, 0.05) is 30.9 Å². The highest BCUT2D eigenvalue weighted by Crippen LogP contribution is 2.40. The monoisotopic (exact) mass is 421 g/mol. The summed E-state index contributed by atoms with van der Waals surface area (Å²) in [6.07, 6.45) is 5.47. The van der Waals surface area contributed by atoms with Crippen LogP contribution in [0.1, 0.15) is 44.9 Å². The number of hydrogen-bond acceptors (Lipinski definition) is 5. The lowest BCUT2D eigenvalue weighted by Crippen LogP contribution is -2.56. The maximum Gasteiger partial charge on any atom is 0.252 e. The van der Waals surface area contributed by atoms with Crippen LogP contribution < -0.4 is 9.64 Å². The zero-order valence-corrected chi connectivity index (χ0v) is 18.7. The molecule has 164 valence electrons. The molecule has 2 atom stereocenters. The van der Waals surface area contributed by atoms with Crippen molar-refractivity contribution in [1.29, 1.82) is 0 Å². The molecule has 1 amide bonds. The number of phenolic OH excluding ortho intramolecular Hbond substituents is 1. The number of pyridine rings is 1. The van der Waals surface area contributed by atoms with Crippen molar-refractivity contribution in [3.63, 3.8) is 0 Å². The third-order valence-electron chi connectivity index (χ3n) is 6.18. The molecule has 1 fully saturated rings. The van der Waals surface area contributed by atoms with Crippen molar-refractivity contribution in [2.45, 2.75) is 64.8 Å². The summed E-state index contributed by atoms with van der Waals surface area (Å²) in [5.41, 5.74) is 1.69. The lowest BCUT2D eigenvalue weighted by atomic mass is 9.83. The van der Waals surface area contributed by atoms with E-state index in [2.05, 4.69) is 22.9 Å². The lowest BCUT2D eigenvalue weighted by molar-refractivity contribution is -0.114. The number of amides is 1. The van der Waals surface area contributed by atoms with Crippen LogP contribution in [0.15, 0.2) is 48.6 Å². The molecule has 6 nitrogen and oxygen atoms in total. The number of piperidine rings is 1. The molecule has 0 bridgehead atoms. The SMILES string of the molecule is Cc1cccc(N2C(=O)C=C[C@]23CCN(Cc2ccc(O)c(OC(C)C)c2)[C@@H](C)C3)n1. The van der Waals surface area contributed by atoms with E-state index < -0.39 is 0 Å². The van der Waals surface area contributed by atoms with E-state index in [1.807, 2.05) is 56.0 Å².